The van der Waals surface area contributed by atoms with E-state index < -0.39 is 0 Å². The Balaban J connectivity index is 0.00000253. The van der Waals surface area contributed by atoms with E-state index in [0.717, 1.165) is 49.1 Å². The molecule has 1 fully saturated rings. The Hall–Kier alpha value is -3.16. The molecule has 2 aliphatic heterocycles. The number of ether oxygens (including phenoxy) is 1. The number of nitrogens with one attached hydrogen (secondary N) is 1. The highest BCUT2D eigenvalue weighted by Gasteiger charge is 2.25. The molecule has 0 atom stereocenters. The minimum atomic E-state index is -0.190. The van der Waals surface area contributed by atoms with Gasteiger partial charge in [0.15, 0.2) is 0 Å². The monoisotopic (exact) mass is 492 g/mol. The summed E-state index contributed by atoms with van der Waals surface area (Å²) in [5.41, 5.74) is 5.95. The molecule has 0 spiro atoms. The summed E-state index contributed by atoms with van der Waals surface area (Å²) in [6, 6.07) is 12.2. The highest BCUT2D eigenvalue weighted by atomic mass is 35.5. The van der Waals surface area contributed by atoms with Crippen molar-refractivity contribution in [2.45, 2.75) is 45.1 Å². The molecule has 1 N–H and O–H groups in total. The van der Waals surface area contributed by atoms with E-state index in [4.69, 9.17) is 4.74 Å². The summed E-state index contributed by atoms with van der Waals surface area (Å²) in [7, 11) is 0. The van der Waals surface area contributed by atoms with E-state index in [1.54, 1.807) is 6.20 Å². The second kappa shape index (κ2) is 9.47. The molecule has 0 bridgehead atoms. The number of nitrogens with zero attached hydrogens (tertiary/aromatic N) is 3. The first-order valence-electron chi connectivity index (χ1n) is 12.1. The maximum atomic E-state index is 13.6. The minimum Gasteiger partial charge on any atom is -0.381 e. The lowest BCUT2D eigenvalue weighted by Crippen LogP contribution is -2.31. The fraction of sp³-hybridized carbons (Fsp3) is 0.370. The van der Waals surface area contributed by atoms with Crippen molar-refractivity contribution in [1.82, 2.24) is 19.3 Å². The number of H-pyrrole nitrogens is 1. The van der Waals surface area contributed by atoms with Crippen LogP contribution in [0.25, 0.3) is 16.6 Å². The van der Waals surface area contributed by atoms with Crippen LogP contribution in [0.5, 0.6) is 0 Å². The van der Waals surface area contributed by atoms with Crippen LogP contribution < -0.4 is 5.56 Å². The number of aromatic nitrogens is 3. The van der Waals surface area contributed by atoms with Gasteiger partial charge in [-0.2, -0.15) is 0 Å². The van der Waals surface area contributed by atoms with Crippen molar-refractivity contribution in [3.8, 4) is 0 Å². The summed E-state index contributed by atoms with van der Waals surface area (Å²) in [5, 5.41) is 0. The Morgan fingerprint density at radius 1 is 1.11 bits per heavy atom. The molecule has 182 valence electrons. The molecule has 1 amide bonds. The van der Waals surface area contributed by atoms with Crippen LogP contribution in [-0.2, 0) is 17.7 Å². The number of hydrogen-bond donors (Lipinski definition) is 1. The Morgan fingerprint density at radius 3 is 2.69 bits per heavy atom. The maximum absolute atomic E-state index is 13.6. The van der Waals surface area contributed by atoms with E-state index in [-0.39, 0.29) is 29.8 Å². The van der Waals surface area contributed by atoms with E-state index in [1.807, 2.05) is 34.4 Å². The minimum absolute atomic E-state index is 0. The lowest BCUT2D eigenvalue weighted by atomic mass is 9.99. The third-order valence-corrected chi connectivity index (χ3v) is 7.31. The van der Waals surface area contributed by atoms with Gasteiger partial charge in [-0.15, -0.1) is 12.4 Å². The number of fused-ring (bicyclic) bond motifs is 4. The van der Waals surface area contributed by atoms with Gasteiger partial charge >= 0.3 is 0 Å². The van der Waals surface area contributed by atoms with E-state index >= 15 is 0 Å². The maximum Gasteiger partial charge on any atom is 0.274 e. The fourth-order valence-corrected chi connectivity index (χ4v) is 5.46. The zero-order valence-electron chi connectivity index (χ0n) is 19.8. The summed E-state index contributed by atoms with van der Waals surface area (Å²) >= 11 is 0. The molecule has 1 saturated heterocycles. The molecule has 2 aliphatic rings. The van der Waals surface area contributed by atoms with E-state index in [0.29, 0.717) is 36.4 Å². The number of benzene rings is 2. The third-order valence-electron chi connectivity index (χ3n) is 7.31. The quantitative estimate of drug-likeness (QED) is 0.450. The van der Waals surface area contributed by atoms with E-state index in [2.05, 4.69) is 28.2 Å². The lowest BCUT2D eigenvalue weighted by molar-refractivity contribution is 0.0745. The molecule has 35 heavy (non-hydrogen) atoms. The van der Waals surface area contributed by atoms with Gasteiger partial charge in [-0.1, -0.05) is 24.3 Å². The van der Waals surface area contributed by atoms with E-state index in [1.165, 1.54) is 11.1 Å². The Kier molecular flexibility index (Phi) is 6.38. The predicted octanol–water partition coefficient (Wildman–Crippen LogP) is 4.39. The van der Waals surface area contributed by atoms with Crippen LogP contribution in [0.4, 0.5) is 0 Å². The van der Waals surface area contributed by atoms with Crippen molar-refractivity contribution in [2.75, 3.05) is 19.8 Å². The molecule has 8 heteroatoms. The molecule has 2 aromatic carbocycles. The topological polar surface area (TPSA) is 79.7 Å². The predicted molar refractivity (Wildman–Crippen MR) is 138 cm³/mol. The standard InChI is InChI=1S/C27H28N4O3.ClH/c1-17-13-23-22(29-26(32)24-15-28-25(31(23)24)19-8-11-34-12-9-19)14-21(17)27(33)30-10-4-7-18-5-2-3-6-20(18)16-30;/h2-3,5-6,13-15,19H,4,7-12,16H2,1H3,(H,29,32);1H. The second-order valence-corrected chi connectivity index (χ2v) is 9.46. The summed E-state index contributed by atoms with van der Waals surface area (Å²) in [4.78, 5) is 36.1. The smallest absolute Gasteiger partial charge is 0.274 e. The molecule has 0 radical (unpaired) electrons. The first kappa shape index (κ1) is 23.6. The van der Waals surface area contributed by atoms with Gasteiger partial charge in [-0.3, -0.25) is 14.0 Å². The molecule has 0 unspecified atom stereocenters. The Labute approximate surface area is 209 Å². The van der Waals surface area contributed by atoms with Gasteiger partial charge in [0, 0.05) is 37.8 Å². The fourth-order valence-electron chi connectivity index (χ4n) is 5.46. The summed E-state index contributed by atoms with van der Waals surface area (Å²) < 4.78 is 7.50. The average molecular weight is 493 g/mol. The molecular weight excluding hydrogens is 464 g/mol. The van der Waals surface area contributed by atoms with Gasteiger partial charge in [0.1, 0.15) is 11.3 Å². The number of hydrogen-bond acceptors (Lipinski definition) is 4. The number of carbonyl (C=O) groups is 1. The zero-order valence-corrected chi connectivity index (χ0v) is 20.6. The summed E-state index contributed by atoms with van der Waals surface area (Å²) in [6.07, 6.45) is 5.36. The van der Waals surface area contributed by atoms with Gasteiger partial charge < -0.3 is 14.6 Å². The zero-order chi connectivity index (χ0) is 23.2. The number of carbonyl (C=O) groups excluding carboxylic acids is 1. The van der Waals surface area contributed by atoms with Gasteiger partial charge in [0.25, 0.3) is 11.5 Å². The van der Waals surface area contributed by atoms with Crippen LogP contribution in [0.2, 0.25) is 0 Å². The highest BCUT2D eigenvalue weighted by Crippen LogP contribution is 2.29. The number of rotatable bonds is 2. The van der Waals surface area contributed by atoms with E-state index in [9.17, 15) is 9.59 Å². The van der Waals surface area contributed by atoms with Crippen LogP contribution in [0.1, 0.15) is 58.1 Å². The molecule has 0 aliphatic carbocycles. The van der Waals surface area contributed by atoms with Crippen LogP contribution in [0.15, 0.2) is 47.4 Å². The van der Waals surface area contributed by atoms with Crippen LogP contribution in [0, 0.1) is 6.92 Å². The third kappa shape index (κ3) is 4.13. The first-order valence-corrected chi connectivity index (χ1v) is 12.1. The average Bonchev–Trinajstić information content (AvgIpc) is 3.19. The molecule has 4 aromatic rings. The largest absolute Gasteiger partial charge is 0.381 e. The van der Waals surface area contributed by atoms with Crippen molar-refractivity contribution in [2.24, 2.45) is 0 Å². The Morgan fingerprint density at radius 2 is 1.89 bits per heavy atom. The number of halogens is 1. The number of amides is 1. The van der Waals surface area contributed by atoms with Crippen LogP contribution in [-0.4, -0.2) is 44.9 Å². The van der Waals surface area contributed by atoms with Crippen molar-refractivity contribution >= 4 is 34.9 Å². The SMILES string of the molecule is Cc1cc2c(cc1C(=O)N1CCCc3ccccc3C1)[nH]c(=O)c1cnc(C3CCOCC3)n12.Cl. The summed E-state index contributed by atoms with van der Waals surface area (Å²) in [5.74, 6) is 1.16. The van der Waals surface area contributed by atoms with Crippen LogP contribution in [0.3, 0.4) is 0 Å². The second-order valence-electron chi connectivity index (χ2n) is 9.46. The molecular formula is C27H29ClN4O3. The molecule has 2 aromatic heterocycles. The first-order chi connectivity index (χ1) is 16.6. The van der Waals surface area contributed by atoms with Crippen molar-refractivity contribution in [3.05, 3.63) is 81.0 Å². The molecule has 7 nitrogen and oxygen atoms in total. The van der Waals surface area contributed by atoms with Crippen molar-refractivity contribution in [3.63, 3.8) is 0 Å². The highest BCUT2D eigenvalue weighted by molar-refractivity contribution is 5.99. The molecule has 6 rings (SSSR count). The lowest BCUT2D eigenvalue weighted by Gasteiger charge is -2.23. The Bertz CT molecular complexity index is 1470. The normalized spacial score (nSPS) is 16.7. The number of aryl methyl sites for hydroxylation is 2. The van der Waals surface area contributed by atoms with Gasteiger partial charge in [-0.25, -0.2) is 4.98 Å². The van der Waals surface area contributed by atoms with Gasteiger partial charge in [-0.05, 0) is 61.4 Å². The van der Waals surface area contributed by atoms with Gasteiger partial charge in [0.05, 0.1) is 17.2 Å². The van der Waals surface area contributed by atoms with Gasteiger partial charge in [0.2, 0.25) is 0 Å². The number of imidazole rings is 1. The number of aromatic amines is 1. The molecule has 4 heterocycles. The van der Waals surface area contributed by atoms with Crippen molar-refractivity contribution < 1.29 is 9.53 Å². The van der Waals surface area contributed by atoms with Crippen molar-refractivity contribution in [1.29, 1.82) is 0 Å². The molecule has 0 saturated carbocycles. The van der Waals surface area contributed by atoms with Crippen LogP contribution >= 0.6 is 12.4 Å². The summed E-state index contributed by atoms with van der Waals surface area (Å²) in [6.45, 7) is 4.71.